The van der Waals surface area contributed by atoms with Crippen molar-refractivity contribution in [2.75, 3.05) is 0 Å². The van der Waals surface area contributed by atoms with Gasteiger partial charge in [0.25, 0.3) is 0 Å². The van der Waals surface area contributed by atoms with Crippen molar-refractivity contribution in [3.05, 3.63) is 53.9 Å². The summed E-state index contributed by atoms with van der Waals surface area (Å²) in [7, 11) is 0. The third-order valence-electron chi connectivity index (χ3n) is 3.62. The second-order valence-electron chi connectivity index (χ2n) is 6.23. The summed E-state index contributed by atoms with van der Waals surface area (Å²) in [5, 5.41) is 17.7. The van der Waals surface area contributed by atoms with Gasteiger partial charge in [-0.05, 0) is 35.2 Å². The van der Waals surface area contributed by atoms with Crippen molar-refractivity contribution in [1.29, 1.82) is 0 Å². The molecule has 0 bridgehead atoms. The lowest BCUT2D eigenvalue weighted by Gasteiger charge is -2.19. The van der Waals surface area contributed by atoms with Gasteiger partial charge in [-0.3, -0.25) is 0 Å². The van der Waals surface area contributed by atoms with Crippen molar-refractivity contribution >= 4 is 0 Å². The first-order chi connectivity index (χ1) is 10.5. The fraction of sp³-hybridized carbons (Fsp3) is 0.294. The summed E-state index contributed by atoms with van der Waals surface area (Å²) >= 11 is 0. The Hall–Kier alpha value is -2.40. The number of furan rings is 1. The number of aliphatic hydroxyl groups is 1. The molecule has 0 atom stereocenters. The van der Waals surface area contributed by atoms with Gasteiger partial charge in [-0.15, -0.1) is 5.10 Å². The van der Waals surface area contributed by atoms with Crippen molar-refractivity contribution in [1.82, 2.24) is 15.0 Å². The van der Waals surface area contributed by atoms with Gasteiger partial charge in [-0.1, -0.05) is 38.1 Å². The van der Waals surface area contributed by atoms with Gasteiger partial charge in [-0.2, -0.15) is 0 Å². The summed E-state index contributed by atoms with van der Waals surface area (Å²) in [5.41, 5.74) is 3.40. The van der Waals surface area contributed by atoms with Gasteiger partial charge in [0.2, 0.25) is 0 Å². The summed E-state index contributed by atoms with van der Waals surface area (Å²) in [6.45, 7) is 6.34. The van der Waals surface area contributed by atoms with E-state index in [1.54, 1.807) is 17.0 Å². The minimum atomic E-state index is -0.184. The van der Waals surface area contributed by atoms with Crippen LogP contribution in [0.4, 0.5) is 0 Å². The standard InChI is InChI=1S/C17H19N3O2/c1-17(2,3)12-6-8-13(9-7-12)20-16(14(11-21)18-19-20)15-5-4-10-22-15/h4-10,21H,11H2,1-3H3. The average molecular weight is 297 g/mol. The van der Waals surface area contributed by atoms with Crippen molar-refractivity contribution in [3.8, 4) is 17.1 Å². The Kier molecular flexibility index (Phi) is 3.58. The molecule has 3 rings (SSSR count). The van der Waals surface area contributed by atoms with Gasteiger partial charge in [0.1, 0.15) is 11.4 Å². The van der Waals surface area contributed by atoms with Crippen LogP contribution in [0, 0.1) is 0 Å². The molecule has 0 fully saturated rings. The second kappa shape index (κ2) is 5.42. The minimum absolute atomic E-state index is 0.0982. The molecule has 1 N–H and O–H groups in total. The highest BCUT2D eigenvalue weighted by Gasteiger charge is 2.19. The average Bonchev–Trinajstić information content (AvgIpc) is 3.15. The van der Waals surface area contributed by atoms with E-state index in [0.717, 1.165) is 5.69 Å². The largest absolute Gasteiger partial charge is 0.463 e. The molecule has 5 nitrogen and oxygen atoms in total. The molecule has 5 heteroatoms. The van der Waals surface area contributed by atoms with Crippen molar-refractivity contribution in [3.63, 3.8) is 0 Å². The SMILES string of the molecule is CC(C)(C)c1ccc(-n2nnc(CO)c2-c2ccco2)cc1. The topological polar surface area (TPSA) is 64.1 Å². The Morgan fingerprint density at radius 1 is 1.14 bits per heavy atom. The van der Waals surface area contributed by atoms with E-state index >= 15 is 0 Å². The van der Waals surface area contributed by atoms with Crippen LogP contribution in [0.15, 0.2) is 47.1 Å². The number of hydrogen-bond acceptors (Lipinski definition) is 4. The van der Waals surface area contributed by atoms with Crippen LogP contribution >= 0.6 is 0 Å². The Labute approximate surface area is 129 Å². The van der Waals surface area contributed by atoms with Crippen molar-refractivity contribution in [2.24, 2.45) is 0 Å². The number of nitrogens with zero attached hydrogens (tertiary/aromatic N) is 3. The summed E-state index contributed by atoms with van der Waals surface area (Å²) in [4.78, 5) is 0. The van der Waals surface area contributed by atoms with Crippen LogP contribution in [0.25, 0.3) is 17.1 Å². The Morgan fingerprint density at radius 3 is 2.41 bits per heavy atom. The van der Waals surface area contributed by atoms with Crippen LogP contribution in [0.3, 0.4) is 0 Å². The normalized spacial score (nSPS) is 11.8. The highest BCUT2D eigenvalue weighted by molar-refractivity contribution is 5.58. The molecule has 0 saturated heterocycles. The predicted octanol–water partition coefficient (Wildman–Crippen LogP) is 3.32. The monoisotopic (exact) mass is 297 g/mol. The molecule has 0 aliphatic rings. The van der Waals surface area contributed by atoms with Crippen LogP contribution in [-0.4, -0.2) is 20.1 Å². The van der Waals surface area contributed by atoms with E-state index in [1.165, 1.54) is 5.56 Å². The molecule has 114 valence electrons. The molecule has 0 radical (unpaired) electrons. The molecular weight excluding hydrogens is 278 g/mol. The third-order valence-corrected chi connectivity index (χ3v) is 3.62. The van der Waals surface area contributed by atoms with Gasteiger partial charge in [-0.25, -0.2) is 4.68 Å². The maximum absolute atomic E-state index is 9.47. The zero-order valence-electron chi connectivity index (χ0n) is 12.9. The number of aliphatic hydroxyl groups excluding tert-OH is 1. The van der Waals surface area contributed by atoms with E-state index < -0.39 is 0 Å². The number of aromatic nitrogens is 3. The van der Waals surface area contributed by atoms with Crippen LogP contribution in [-0.2, 0) is 12.0 Å². The first-order valence-electron chi connectivity index (χ1n) is 7.21. The highest BCUT2D eigenvalue weighted by atomic mass is 16.3. The Bertz CT molecular complexity index is 750. The maximum Gasteiger partial charge on any atom is 0.154 e. The molecule has 1 aromatic carbocycles. The lowest BCUT2D eigenvalue weighted by Crippen LogP contribution is -2.11. The first-order valence-corrected chi connectivity index (χ1v) is 7.21. The van der Waals surface area contributed by atoms with Crippen LogP contribution < -0.4 is 0 Å². The summed E-state index contributed by atoms with van der Waals surface area (Å²) < 4.78 is 7.14. The van der Waals surface area contributed by atoms with E-state index in [4.69, 9.17) is 4.42 Å². The van der Waals surface area contributed by atoms with Gasteiger partial charge >= 0.3 is 0 Å². The lowest BCUT2D eigenvalue weighted by molar-refractivity contribution is 0.277. The Morgan fingerprint density at radius 2 is 1.86 bits per heavy atom. The Balaban J connectivity index is 2.08. The van der Waals surface area contributed by atoms with Crippen molar-refractivity contribution in [2.45, 2.75) is 32.8 Å². The number of hydrogen-bond donors (Lipinski definition) is 1. The summed E-state index contributed by atoms with van der Waals surface area (Å²) in [6, 6.07) is 11.8. The maximum atomic E-state index is 9.47. The molecule has 3 aromatic rings. The molecule has 0 unspecified atom stereocenters. The smallest absolute Gasteiger partial charge is 0.154 e. The molecule has 0 aliphatic heterocycles. The fourth-order valence-electron chi connectivity index (χ4n) is 2.36. The zero-order valence-corrected chi connectivity index (χ0v) is 12.9. The third kappa shape index (κ3) is 2.55. The van der Waals surface area contributed by atoms with Crippen molar-refractivity contribution < 1.29 is 9.52 Å². The van der Waals surface area contributed by atoms with Crippen LogP contribution in [0.5, 0.6) is 0 Å². The van der Waals surface area contributed by atoms with E-state index in [9.17, 15) is 5.11 Å². The van der Waals surface area contributed by atoms with Gasteiger partial charge in [0, 0.05) is 0 Å². The van der Waals surface area contributed by atoms with E-state index in [-0.39, 0.29) is 12.0 Å². The van der Waals surface area contributed by atoms with Crippen LogP contribution in [0.2, 0.25) is 0 Å². The molecule has 22 heavy (non-hydrogen) atoms. The molecule has 2 heterocycles. The fourth-order valence-corrected chi connectivity index (χ4v) is 2.36. The van der Waals surface area contributed by atoms with Gasteiger partial charge in [0.15, 0.2) is 5.76 Å². The van der Waals surface area contributed by atoms with E-state index in [2.05, 4.69) is 43.2 Å². The highest BCUT2D eigenvalue weighted by Crippen LogP contribution is 2.27. The van der Waals surface area contributed by atoms with E-state index in [0.29, 0.717) is 17.1 Å². The van der Waals surface area contributed by atoms with E-state index in [1.807, 2.05) is 18.2 Å². The molecule has 0 aliphatic carbocycles. The predicted molar refractivity (Wildman–Crippen MR) is 83.7 cm³/mol. The number of rotatable bonds is 3. The molecule has 0 amide bonds. The molecule has 0 spiro atoms. The minimum Gasteiger partial charge on any atom is -0.463 e. The summed E-state index contributed by atoms with van der Waals surface area (Å²) in [6.07, 6.45) is 1.59. The molecule has 0 saturated carbocycles. The quantitative estimate of drug-likeness (QED) is 0.805. The lowest BCUT2D eigenvalue weighted by atomic mass is 9.87. The van der Waals surface area contributed by atoms with Gasteiger partial charge < -0.3 is 9.52 Å². The molecule has 2 aromatic heterocycles. The molecular formula is C17H19N3O2. The van der Waals surface area contributed by atoms with Crippen LogP contribution in [0.1, 0.15) is 32.0 Å². The zero-order chi connectivity index (χ0) is 15.7. The first kappa shape index (κ1) is 14.5. The second-order valence-corrected chi connectivity index (χ2v) is 6.23. The number of benzene rings is 1. The van der Waals surface area contributed by atoms with Gasteiger partial charge in [0.05, 0.1) is 18.6 Å². The summed E-state index contributed by atoms with van der Waals surface area (Å²) in [5.74, 6) is 0.633.